The van der Waals surface area contributed by atoms with Crippen LogP contribution in [0, 0.1) is 11.3 Å². The number of hydrogen-bond donors (Lipinski definition) is 2. The molecule has 0 fully saturated rings. The molecule has 4 rings (SSSR count). The van der Waals surface area contributed by atoms with Crippen molar-refractivity contribution in [2.45, 2.75) is 13.3 Å². The van der Waals surface area contributed by atoms with E-state index in [1.54, 1.807) is 17.8 Å². The molecule has 1 amide bonds. The minimum absolute atomic E-state index is 0.186. The minimum Gasteiger partial charge on any atom is -0.457 e. The molecule has 0 unspecified atom stereocenters. The number of aromatic nitrogens is 2. The Kier molecular flexibility index (Phi) is 6.53. The molecule has 0 aliphatic heterocycles. The molecule has 0 spiro atoms. The van der Waals surface area contributed by atoms with Gasteiger partial charge in [0.05, 0.1) is 41.5 Å². The fourth-order valence-corrected chi connectivity index (χ4v) is 3.54. The first kappa shape index (κ1) is 21.9. The summed E-state index contributed by atoms with van der Waals surface area (Å²) < 4.78 is 12.8. The maximum atomic E-state index is 11.7. The molecule has 0 aliphatic rings. The van der Waals surface area contributed by atoms with Gasteiger partial charge in [0.2, 0.25) is 5.91 Å². The molecule has 2 aromatic heterocycles. The number of rotatable bonds is 8. The number of anilines is 3. The second-order valence-electron chi connectivity index (χ2n) is 7.35. The fourth-order valence-electron chi connectivity index (χ4n) is 3.54. The lowest BCUT2D eigenvalue weighted by molar-refractivity contribution is -0.114. The third kappa shape index (κ3) is 4.95. The van der Waals surface area contributed by atoms with Crippen LogP contribution in [0.5, 0.6) is 11.5 Å². The molecular formula is C25H23N5O3. The summed E-state index contributed by atoms with van der Waals surface area (Å²) in [7, 11) is 1.62. The van der Waals surface area contributed by atoms with E-state index in [2.05, 4.69) is 21.8 Å². The zero-order valence-electron chi connectivity index (χ0n) is 18.3. The van der Waals surface area contributed by atoms with Crippen LogP contribution in [0.15, 0.2) is 67.0 Å². The first-order chi connectivity index (χ1) is 16.1. The summed E-state index contributed by atoms with van der Waals surface area (Å²) in [6.07, 6.45) is 3.78. The third-order valence-electron chi connectivity index (χ3n) is 5.00. The standard InChI is InChI=1S/C25H23N5O3/c1-17(31)28-23-16-30-25(22(23)12-13-32-2)24(18(14-26)15-27-30)29-19-8-10-21(11-9-19)33-20-6-4-3-5-7-20/h3-11,15-16,29H,12-13H2,1-2H3,(H,28,31). The predicted molar refractivity (Wildman–Crippen MR) is 126 cm³/mol. The molecule has 2 heterocycles. The highest BCUT2D eigenvalue weighted by molar-refractivity contribution is 5.94. The average molecular weight is 441 g/mol. The minimum atomic E-state index is -0.186. The van der Waals surface area contributed by atoms with Gasteiger partial charge in [0.1, 0.15) is 17.6 Å². The Morgan fingerprint density at radius 2 is 1.85 bits per heavy atom. The highest BCUT2D eigenvalue weighted by Crippen LogP contribution is 2.34. The van der Waals surface area contributed by atoms with Crippen molar-refractivity contribution in [1.82, 2.24) is 9.61 Å². The molecule has 0 saturated carbocycles. The first-order valence-corrected chi connectivity index (χ1v) is 10.4. The van der Waals surface area contributed by atoms with Gasteiger partial charge in [-0.2, -0.15) is 10.4 Å². The summed E-state index contributed by atoms with van der Waals surface area (Å²) in [4.78, 5) is 11.7. The highest BCUT2D eigenvalue weighted by Gasteiger charge is 2.19. The molecule has 0 saturated heterocycles. The van der Waals surface area contributed by atoms with Crippen LogP contribution in [0.1, 0.15) is 18.1 Å². The van der Waals surface area contributed by atoms with Gasteiger partial charge in [-0.05, 0) is 36.4 Å². The Morgan fingerprint density at radius 1 is 1.12 bits per heavy atom. The number of para-hydroxylation sites is 1. The van der Waals surface area contributed by atoms with Crippen LogP contribution in [0.25, 0.3) is 5.52 Å². The number of fused-ring (bicyclic) bond motifs is 1. The third-order valence-corrected chi connectivity index (χ3v) is 5.00. The lowest BCUT2D eigenvalue weighted by Crippen LogP contribution is -2.08. The van der Waals surface area contributed by atoms with Gasteiger partial charge >= 0.3 is 0 Å². The smallest absolute Gasteiger partial charge is 0.221 e. The van der Waals surface area contributed by atoms with E-state index in [-0.39, 0.29) is 5.91 Å². The van der Waals surface area contributed by atoms with Crippen molar-refractivity contribution < 1.29 is 14.3 Å². The van der Waals surface area contributed by atoms with Gasteiger partial charge in [-0.1, -0.05) is 18.2 Å². The maximum Gasteiger partial charge on any atom is 0.221 e. The van der Waals surface area contributed by atoms with Crippen LogP contribution in [0.4, 0.5) is 17.1 Å². The number of methoxy groups -OCH3 is 1. The monoisotopic (exact) mass is 441 g/mol. The molecule has 8 nitrogen and oxygen atoms in total. The van der Waals surface area contributed by atoms with E-state index in [1.165, 1.54) is 13.1 Å². The van der Waals surface area contributed by atoms with Crippen molar-refractivity contribution in [3.8, 4) is 17.6 Å². The van der Waals surface area contributed by atoms with Gasteiger partial charge in [0, 0.05) is 31.7 Å². The van der Waals surface area contributed by atoms with Gasteiger partial charge in [-0.3, -0.25) is 4.79 Å². The van der Waals surface area contributed by atoms with E-state index < -0.39 is 0 Å². The van der Waals surface area contributed by atoms with Crippen LogP contribution in [-0.2, 0) is 16.0 Å². The molecule has 0 atom stereocenters. The summed E-state index contributed by atoms with van der Waals surface area (Å²) in [5.74, 6) is 1.26. The Morgan fingerprint density at radius 3 is 2.52 bits per heavy atom. The van der Waals surface area contributed by atoms with Crippen molar-refractivity contribution in [1.29, 1.82) is 5.26 Å². The van der Waals surface area contributed by atoms with E-state index in [4.69, 9.17) is 9.47 Å². The first-order valence-electron chi connectivity index (χ1n) is 10.4. The highest BCUT2D eigenvalue weighted by atomic mass is 16.5. The van der Waals surface area contributed by atoms with Crippen molar-refractivity contribution in [3.05, 3.63) is 78.1 Å². The van der Waals surface area contributed by atoms with Crippen LogP contribution in [0.3, 0.4) is 0 Å². The number of amides is 1. The van der Waals surface area contributed by atoms with Gasteiger partial charge in [0.15, 0.2) is 0 Å². The fraction of sp³-hybridized carbons (Fsp3) is 0.160. The van der Waals surface area contributed by atoms with E-state index in [1.807, 2.05) is 54.6 Å². The number of carbonyl (C=O) groups is 1. The Balaban J connectivity index is 1.70. The lowest BCUT2D eigenvalue weighted by atomic mass is 10.1. The number of nitriles is 1. The quantitative estimate of drug-likeness (QED) is 0.404. The molecule has 2 N–H and O–H groups in total. The Labute approximate surface area is 191 Å². The zero-order valence-corrected chi connectivity index (χ0v) is 18.3. The summed E-state index contributed by atoms with van der Waals surface area (Å²) in [5.41, 5.74) is 3.95. The SMILES string of the molecule is COCCc1c(NC(C)=O)cn2ncc(C#N)c(Nc3ccc(Oc4ccccc4)cc3)c12. The van der Waals surface area contributed by atoms with E-state index in [0.29, 0.717) is 41.2 Å². The molecule has 33 heavy (non-hydrogen) atoms. The number of hydrogen-bond acceptors (Lipinski definition) is 6. The van der Waals surface area contributed by atoms with Crippen LogP contribution < -0.4 is 15.4 Å². The Bertz CT molecular complexity index is 1310. The second kappa shape index (κ2) is 9.85. The molecule has 8 heteroatoms. The molecule has 0 aliphatic carbocycles. The van der Waals surface area contributed by atoms with Crippen LogP contribution >= 0.6 is 0 Å². The Hall–Kier alpha value is -4.35. The zero-order chi connectivity index (χ0) is 23.2. The number of nitrogens with zero attached hydrogens (tertiary/aromatic N) is 3. The number of benzene rings is 2. The normalized spacial score (nSPS) is 10.6. The van der Waals surface area contributed by atoms with Crippen molar-refractivity contribution >= 4 is 28.5 Å². The van der Waals surface area contributed by atoms with Crippen molar-refractivity contribution in [3.63, 3.8) is 0 Å². The van der Waals surface area contributed by atoms with E-state index in [9.17, 15) is 10.1 Å². The molecule has 0 radical (unpaired) electrons. The van der Waals surface area contributed by atoms with Gasteiger partial charge < -0.3 is 20.1 Å². The van der Waals surface area contributed by atoms with Gasteiger partial charge in [-0.25, -0.2) is 4.52 Å². The molecule has 2 aromatic carbocycles. The molecule has 0 bridgehead atoms. The van der Waals surface area contributed by atoms with Crippen molar-refractivity contribution in [2.75, 3.05) is 24.4 Å². The average Bonchev–Trinajstić information content (AvgIpc) is 3.16. The summed E-state index contributed by atoms with van der Waals surface area (Å²) in [6, 6.07) is 19.2. The second-order valence-corrected chi connectivity index (χ2v) is 7.35. The van der Waals surface area contributed by atoms with E-state index in [0.717, 1.165) is 17.0 Å². The predicted octanol–water partition coefficient (Wildman–Crippen LogP) is 4.89. The molecular weight excluding hydrogens is 418 g/mol. The summed E-state index contributed by atoms with van der Waals surface area (Å²) >= 11 is 0. The van der Waals surface area contributed by atoms with Gasteiger partial charge in [0.25, 0.3) is 0 Å². The van der Waals surface area contributed by atoms with E-state index >= 15 is 0 Å². The molecule has 166 valence electrons. The van der Waals surface area contributed by atoms with Crippen LogP contribution in [-0.4, -0.2) is 29.2 Å². The molecule has 4 aromatic rings. The summed E-state index contributed by atoms with van der Waals surface area (Å²) in [5, 5.41) is 20.3. The van der Waals surface area contributed by atoms with Crippen LogP contribution in [0.2, 0.25) is 0 Å². The van der Waals surface area contributed by atoms with Gasteiger partial charge in [-0.15, -0.1) is 0 Å². The number of nitrogens with one attached hydrogen (secondary N) is 2. The summed E-state index contributed by atoms with van der Waals surface area (Å²) in [6.45, 7) is 1.91. The topological polar surface area (TPSA) is 101 Å². The number of carbonyl (C=O) groups excluding carboxylic acids is 1. The largest absolute Gasteiger partial charge is 0.457 e. The number of ether oxygens (including phenoxy) is 2. The maximum absolute atomic E-state index is 11.7. The van der Waals surface area contributed by atoms with Crippen molar-refractivity contribution in [2.24, 2.45) is 0 Å². The lowest BCUT2D eigenvalue weighted by Gasteiger charge is -2.13.